The largest absolute Gasteiger partial charge is 0.383 e. The Morgan fingerprint density at radius 1 is 1.14 bits per heavy atom. The van der Waals surface area contributed by atoms with E-state index in [1.165, 1.54) is 5.56 Å². The van der Waals surface area contributed by atoms with Crippen LogP contribution in [0.4, 0.5) is 0 Å². The third kappa shape index (κ3) is 1.81. The van der Waals surface area contributed by atoms with Gasteiger partial charge in [-0.1, -0.05) is 61.5 Å². The lowest BCUT2D eigenvalue weighted by atomic mass is 9.64. The minimum atomic E-state index is -1.16. The van der Waals surface area contributed by atoms with Crippen LogP contribution in [0.3, 0.4) is 0 Å². The van der Waals surface area contributed by atoms with Crippen molar-refractivity contribution >= 4 is 0 Å². The highest BCUT2D eigenvalue weighted by Crippen LogP contribution is 2.52. The molecule has 0 radical (unpaired) electrons. The highest BCUT2D eigenvalue weighted by Gasteiger charge is 2.55. The van der Waals surface area contributed by atoms with Gasteiger partial charge in [0.25, 0.3) is 0 Å². The van der Waals surface area contributed by atoms with Crippen LogP contribution in [0.15, 0.2) is 54.6 Å². The van der Waals surface area contributed by atoms with Crippen LogP contribution >= 0.6 is 0 Å². The van der Waals surface area contributed by atoms with Gasteiger partial charge in [0, 0.05) is 0 Å². The van der Waals surface area contributed by atoms with Gasteiger partial charge >= 0.3 is 0 Å². The standard InChI is InChI=1S/C19H19NO/c1-2-19(21,16-9-4-3-5-10-16)18(14-20)13-12-15-8-6-7-11-17(15)18/h3-11,21H,2,12-13H2,1H3. The SMILES string of the molecule is CCC(O)(c1ccccc1)C1(C#N)CCc2ccccc21. The Morgan fingerprint density at radius 2 is 1.81 bits per heavy atom. The summed E-state index contributed by atoms with van der Waals surface area (Å²) < 4.78 is 0. The number of aliphatic hydroxyl groups is 1. The number of aryl methyl sites for hydroxylation is 1. The zero-order valence-electron chi connectivity index (χ0n) is 12.2. The highest BCUT2D eigenvalue weighted by atomic mass is 16.3. The monoisotopic (exact) mass is 277 g/mol. The van der Waals surface area contributed by atoms with E-state index < -0.39 is 11.0 Å². The van der Waals surface area contributed by atoms with Crippen LogP contribution in [-0.2, 0) is 17.4 Å². The molecule has 2 unspecified atom stereocenters. The van der Waals surface area contributed by atoms with Gasteiger partial charge in [-0.05, 0) is 36.0 Å². The molecule has 1 aliphatic rings. The summed E-state index contributed by atoms with van der Waals surface area (Å²) in [5.74, 6) is 0. The molecule has 0 aliphatic heterocycles. The number of fused-ring (bicyclic) bond motifs is 1. The molecular weight excluding hydrogens is 258 g/mol. The van der Waals surface area contributed by atoms with Gasteiger partial charge in [0.15, 0.2) is 0 Å². The van der Waals surface area contributed by atoms with Crippen LogP contribution in [0.5, 0.6) is 0 Å². The average Bonchev–Trinajstić information content (AvgIpc) is 2.95. The van der Waals surface area contributed by atoms with Gasteiger partial charge < -0.3 is 5.11 Å². The van der Waals surface area contributed by atoms with Gasteiger partial charge in [0.2, 0.25) is 0 Å². The second-order valence-corrected chi connectivity index (χ2v) is 5.75. The molecule has 2 nitrogen and oxygen atoms in total. The van der Waals surface area contributed by atoms with Crippen molar-refractivity contribution < 1.29 is 5.11 Å². The fraction of sp³-hybridized carbons (Fsp3) is 0.316. The first-order chi connectivity index (χ1) is 10.2. The van der Waals surface area contributed by atoms with E-state index in [1.54, 1.807) is 0 Å². The van der Waals surface area contributed by atoms with Gasteiger partial charge in [0.05, 0.1) is 6.07 Å². The van der Waals surface area contributed by atoms with Gasteiger partial charge in [0.1, 0.15) is 11.0 Å². The average molecular weight is 277 g/mol. The summed E-state index contributed by atoms with van der Waals surface area (Å²) in [7, 11) is 0. The number of rotatable bonds is 3. The molecule has 2 aromatic rings. The minimum Gasteiger partial charge on any atom is -0.383 e. The molecular formula is C19H19NO. The summed E-state index contributed by atoms with van der Waals surface area (Å²) in [5.41, 5.74) is 0.975. The Hall–Kier alpha value is -2.11. The van der Waals surface area contributed by atoms with Crippen LogP contribution in [0, 0.1) is 11.3 Å². The van der Waals surface area contributed by atoms with Crippen LogP contribution < -0.4 is 0 Å². The molecule has 106 valence electrons. The van der Waals surface area contributed by atoms with Crippen LogP contribution in [0.1, 0.15) is 36.5 Å². The molecule has 0 aromatic heterocycles. The molecule has 0 heterocycles. The number of nitrogens with zero attached hydrogens (tertiary/aromatic N) is 1. The van der Waals surface area contributed by atoms with Crippen molar-refractivity contribution in [2.45, 2.75) is 37.2 Å². The van der Waals surface area contributed by atoms with Gasteiger partial charge in [-0.25, -0.2) is 0 Å². The lowest BCUT2D eigenvalue weighted by Gasteiger charge is -2.41. The van der Waals surface area contributed by atoms with Crippen molar-refractivity contribution in [3.05, 3.63) is 71.3 Å². The second-order valence-electron chi connectivity index (χ2n) is 5.75. The quantitative estimate of drug-likeness (QED) is 0.929. The summed E-state index contributed by atoms with van der Waals surface area (Å²) >= 11 is 0. The fourth-order valence-electron chi connectivity index (χ4n) is 3.72. The second kappa shape index (κ2) is 5.02. The summed E-state index contributed by atoms with van der Waals surface area (Å²) in [4.78, 5) is 0. The van der Waals surface area contributed by atoms with E-state index in [4.69, 9.17) is 0 Å². The maximum atomic E-state index is 11.5. The van der Waals surface area contributed by atoms with Crippen LogP contribution in [-0.4, -0.2) is 5.11 Å². The Labute approximate surface area is 125 Å². The van der Waals surface area contributed by atoms with Crippen molar-refractivity contribution in [2.24, 2.45) is 0 Å². The lowest BCUT2D eigenvalue weighted by Crippen LogP contribution is -2.46. The number of benzene rings is 2. The predicted octanol–water partition coefficient (Wildman–Crippen LogP) is 3.69. The molecule has 3 rings (SSSR count). The van der Waals surface area contributed by atoms with Crippen molar-refractivity contribution in [3.8, 4) is 6.07 Å². The molecule has 0 saturated heterocycles. The molecule has 21 heavy (non-hydrogen) atoms. The Kier molecular flexibility index (Phi) is 3.31. The summed E-state index contributed by atoms with van der Waals surface area (Å²) in [6.07, 6.45) is 2.03. The smallest absolute Gasteiger partial charge is 0.116 e. The fourth-order valence-corrected chi connectivity index (χ4v) is 3.72. The van der Waals surface area contributed by atoms with E-state index in [0.717, 1.165) is 17.5 Å². The molecule has 2 aromatic carbocycles. The number of hydrogen-bond donors (Lipinski definition) is 1. The van der Waals surface area contributed by atoms with Gasteiger partial charge in [-0.3, -0.25) is 0 Å². The Morgan fingerprint density at radius 3 is 2.48 bits per heavy atom. The van der Waals surface area contributed by atoms with Gasteiger partial charge in [-0.2, -0.15) is 5.26 Å². The van der Waals surface area contributed by atoms with Crippen molar-refractivity contribution in [1.82, 2.24) is 0 Å². The maximum absolute atomic E-state index is 11.5. The van der Waals surface area contributed by atoms with Crippen LogP contribution in [0.25, 0.3) is 0 Å². The Bertz CT molecular complexity index is 688. The molecule has 2 atom stereocenters. The molecule has 0 saturated carbocycles. The summed E-state index contributed by atoms with van der Waals surface area (Å²) in [5, 5.41) is 21.4. The van der Waals surface area contributed by atoms with E-state index in [-0.39, 0.29) is 0 Å². The van der Waals surface area contributed by atoms with Crippen molar-refractivity contribution in [3.63, 3.8) is 0 Å². The normalized spacial score (nSPS) is 23.1. The predicted molar refractivity (Wildman–Crippen MR) is 82.7 cm³/mol. The first-order valence-electron chi connectivity index (χ1n) is 7.45. The molecule has 1 aliphatic carbocycles. The van der Waals surface area contributed by atoms with Crippen molar-refractivity contribution in [2.75, 3.05) is 0 Å². The Balaban J connectivity index is 2.23. The van der Waals surface area contributed by atoms with E-state index in [1.807, 2.05) is 55.5 Å². The third-order valence-electron chi connectivity index (χ3n) is 4.91. The topological polar surface area (TPSA) is 44.0 Å². The zero-order chi connectivity index (χ0) is 14.9. The molecule has 2 heteroatoms. The highest BCUT2D eigenvalue weighted by molar-refractivity contribution is 5.49. The zero-order valence-corrected chi connectivity index (χ0v) is 12.2. The maximum Gasteiger partial charge on any atom is 0.116 e. The van der Waals surface area contributed by atoms with E-state index >= 15 is 0 Å². The molecule has 0 fully saturated rings. The first-order valence-corrected chi connectivity index (χ1v) is 7.45. The number of hydrogen-bond acceptors (Lipinski definition) is 2. The first kappa shape index (κ1) is 13.9. The molecule has 1 N–H and O–H groups in total. The van der Waals surface area contributed by atoms with E-state index in [9.17, 15) is 10.4 Å². The molecule has 0 spiro atoms. The number of nitriles is 1. The molecule has 0 bridgehead atoms. The lowest BCUT2D eigenvalue weighted by molar-refractivity contribution is -0.0263. The minimum absolute atomic E-state index is 0.513. The van der Waals surface area contributed by atoms with Gasteiger partial charge in [-0.15, -0.1) is 0 Å². The van der Waals surface area contributed by atoms with Crippen molar-refractivity contribution in [1.29, 1.82) is 5.26 Å². The summed E-state index contributed by atoms with van der Waals surface area (Å²) in [6.45, 7) is 1.95. The van der Waals surface area contributed by atoms with Crippen LogP contribution in [0.2, 0.25) is 0 Å². The summed E-state index contributed by atoms with van der Waals surface area (Å²) in [6, 6.07) is 20.1. The molecule has 0 amide bonds. The van der Waals surface area contributed by atoms with E-state index in [0.29, 0.717) is 12.8 Å². The third-order valence-corrected chi connectivity index (χ3v) is 4.91. The van der Waals surface area contributed by atoms with E-state index in [2.05, 4.69) is 12.1 Å².